The fourth-order valence-electron chi connectivity index (χ4n) is 3.01. The largest absolute Gasteiger partial charge is 0.418 e. The fourth-order valence-corrected chi connectivity index (χ4v) is 3.01. The molecule has 0 fully saturated rings. The zero-order chi connectivity index (χ0) is 19.9. The van der Waals surface area contributed by atoms with Gasteiger partial charge in [-0.05, 0) is 12.0 Å². The molecule has 0 saturated carbocycles. The number of pyridine rings is 1. The third kappa shape index (κ3) is 3.61. The van der Waals surface area contributed by atoms with Crippen LogP contribution < -0.4 is 5.73 Å². The molecule has 0 saturated heterocycles. The van der Waals surface area contributed by atoms with Crippen molar-refractivity contribution in [2.45, 2.75) is 52.3 Å². The third-order valence-electron chi connectivity index (χ3n) is 4.40. The molecule has 0 spiro atoms. The normalized spacial score (nSPS) is 12.5. The van der Waals surface area contributed by atoms with Gasteiger partial charge in [-0.2, -0.15) is 13.2 Å². The molecular weight excluding hydrogens is 355 g/mol. The van der Waals surface area contributed by atoms with Gasteiger partial charge in [0.25, 0.3) is 0 Å². The summed E-state index contributed by atoms with van der Waals surface area (Å²) in [5, 5.41) is 0.0596. The first kappa shape index (κ1) is 19.1. The standard InChI is InChI=1S/C19H22F3N5/c1-10(2)15-14-13(19(20,21)22)9-27(8-12-6-5-7-24-16(12)23)18(14)26-17(25-15)11(3)4/h5-7,9-11H,8H2,1-4H3,(H2,23,24). The first-order valence-corrected chi connectivity index (χ1v) is 8.76. The molecule has 0 bridgehead atoms. The highest BCUT2D eigenvalue weighted by atomic mass is 19.4. The number of anilines is 1. The number of rotatable bonds is 4. The predicted octanol–water partition coefficient (Wildman–Crippen LogP) is 4.72. The SMILES string of the molecule is CC(C)c1nc(C(C)C)c2c(C(F)(F)F)cn(Cc3cccnc3N)c2n1. The van der Waals surface area contributed by atoms with Crippen LogP contribution in [0.3, 0.4) is 0 Å². The van der Waals surface area contributed by atoms with E-state index in [-0.39, 0.29) is 35.2 Å². The Labute approximate surface area is 155 Å². The summed E-state index contributed by atoms with van der Waals surface area (Å²) in [6, 6.07) is 3.45. The molecule has 0 aromatic carbocycles. The van der Waals surface area contributed by atoms with Gasteiger partial charge in [0.2, 0.25) is 0 Å². The van der Waals surface area contributed by atoms with E-state index < -0.39 is 11.7 Å². The Balaban J connectivity index is 2.32. The average Bonchev–Trinajstić information content (AvgIpc) is 2.95. The lowest BCUT2D eigenvalue weighted by molar-refractivity contribution is -0.136. The molecule has 0 amide bonds. The number of nitrogen functional groups attached to an aromatic ring is 1. The van der Waals surface area contributed by atoms with Gasteiger partial charge < -0.3 is 10.3 Å². The number of alkyl halides is 3. The van der Waals surface area contributed by atoms with Crippen molar-refractivity contribution < 1.29 is 13.2 Å². The van der Waals surface area contributed by atoms with E-state index in [1.54, 1.807) is 18.3 Å². The number of nitrogens with zero attached hydrogens (tertiary/aromatic N) is 4. The Hall–Kier alpha value is -2.64. The molecule has 0 aliphatic rings. The Morgan fingerprint density at radius 1 is 1.11 bits per heavy atom. The lowest BCUT2D eigenvalue weighted by Crippen LogP contribution is -2.09. The van der Waals surface area contributed by atoms with Crippen LogP contribution in [0.15, 0.2) is 24.5 Å². The van der Waals surface area contributed by atoms with Crippen LogP contribution >= 0.6 is 0 Å². The van der Waals surface area contributed by atoms with E-state index in [0.29, 0.717) is 17.1 Å². The number of hydrogen-bond donors (Lipinski definition) is 1. The number of halogens is 3. The molecule has 0 atom stereocenters. The third-order valence-corrected chi connectivity index (χ3v) is 4.40. The molecule has 27 heavy (non-hydrogen) atoms. The maximum Gasteiger partial charge on any atom is 0.418 e. The highest BCUT2D eigenvalue weighted by Gasteiger charge is 2.37. The Morgan fingerprint density at radius 3 is 2.37 bits per heavy atom. The summed E-state index contributed by atoms with van der Waals surface area (Å²) in [7, 11) is 0. The molecule has 3 aromatic heterocycles. The summed E-state index contributed by atoms with van der Waals surface area (Å²) in [5.41, 5.74) is 6.48. The van der Waals surface area contributed by atoms with Crippen molar-refractivity contribution in [2.75, 3.05) is 5.73 Å². The van der Waals surface area contributed by atoms with Gasteiger partial charge in [0, 0.05) is 23.9 Å². The maximum absolute atomic E-state index is 13.7. The van der Waals surface area contributed by atoms with Crippen molar-refractivity contribution in [3.8, 4) is 0 Å². The molecule has 3 aromatic rings. The van der Waals surface area contributed by atoms with Crippen molar-refractivity contribution >= 4 is 16.9 Å². The second-order valence-electron chi connectivity index (χ2n) is 7.19. The van der Waals surface area contributed by atoms with Crippen LogP contribution in [0.25, 0.3) is 11.0 Å². The average molecular weight is 377 g/mol. The molecule has 0 unspecified atom stereocenters. The lowest BCUT2D eigenvalue weighted by Gasteiger charge is -2.14. The topological polar surface area (TPSA) is 69.6 Å². The highest BCUT2D eigenvalue weighted by Crippen LogP contribution is 2.39. The molecule has 0 aliphatic carbocycles. The van der Waals surface area contributed by atoms with Crippen molar-refractivity contribution in [3.63, 3.8) is 0 Å². The van der Waals surface area contributed by atoms with Gasteiger partial charge >= 0.3 is 6.18 Å². The van der Waals surface area contributed by atoms with Gasteiger partial charge in [-0.15, -0.1) is 0 Å². The Bertz CT molecular complexity index is 973. The molecule has 3 heterocycles. The smallest absolute Gasteiger partial charge is 0.383 e. The van der Waals surface area contributed by atoms with Gasteiger partial charge in [-0.25, -0.2) is 15.0 Å². The number of hydrogen-bond acceptors (Lipinski definition) is 4. The molecule has 5 nitrogen and oxygen atoms in total. The van der Waals surface area contributed by atoms with E-state index in [2.05, 4.69) is 15.0 Å². The molecule has 0 aliphatic heterocycles. The van der Waals surface area contributed by atoms with Crippen molar-refractivity contribution in [1.29, 1.82) is 0 Å². The van der Waals surface area contributed by atoms with E-state index >= 15 is 0 Å². The van der Waals surface area contributed by atoms with E-state index in [0.717, 1.165) is 6.20 Å². The lowest BCUT2D eigenvalue weighted by atomic mass is 10.0. The van der Waals surface area contributed by atoms with Crippen LogP contribution in [-0.4, -0.2) is 19.5 Å². The van der Waals surface area contributed by atoms with Crippen molar-refractivity contribution in [1.82, 2.24) is 19.5 Å². The molecule has 3 rings (SSSR count). The minimum atomic E-state index is -4.50. The number of fused-ring (bicyclic) bond motifs is 1. The van der Waals surface area contributed by atoms with Crippen LogP contribution in [0.1, 0.15) is 62.2 Å². The monoisotopic (exact) mass is 377 g/mol. The summed E-state index contributed by atoms with van der Waals surface area (Å²) < 4.78 is 42.7. The van der Waals surface area contributed by atoms with E-state index in [9.17, 15) is 13.2 Å². The maximum atomic E-state index is 13.7. The van der Waals surface area contributed by atoms with Crippen molar-refractivity contribution in [2.24, 2.45) is 0 Å². The van der Waals surface area contributed by atoms with Gasteiger partial charge in [-0.1, -0.05) is 33.8 Å². The second-order valence-corrected chi connectivity index (χ2v) is 7.19. The molecule has 8 heteroatoms. The Kier molecular flexibility index (Phi) is 4.84. The quantitative estimate of drug-likeness (QED) is 0.714. The highest BCUT2D eigenvalue weighted by molar-refractivity contribution is 5.84. The Morgan fingerprint density at radius 2 is 1.81 bits per heavy atom. The first-order chi connectivity index (χ1) is 12.6. The van der Waals surface area contributed by atoms with E-state index in [4.69, 9.17) is 5.73 Å². The summed E-state index contributed by atoms with van der Waals surface area (Å²) in [6.45, 7) is 7.66. The van der Waals surface area contributed by atoms with Crippen LogP contribution in [0, 0.1) is 0 Å². The first-order valence-electron chi connectivity index (χ1n) is 8.76. The zero-order valence-corrected chi connectivity index (χ0v) is 15.7. The fraction of sp³-hybridized carbons (Fsp3) is 0.421. The zero-order valence-electron chi connectivity index (χ0n) is 15.7. The molecule has 2 N–H and O–H groups in total. The minimum absolute atomic E-state index is 0.00644. The molecule has 0 radical (unpaired) electrons. The second kappa shape index (κ2) is 6.83. The summed E-state index contributed by atoms with van der Waals surface area (Å²) in [6.07, 6.45) is -1.86. The van der Waals surface area contributed by atoms with E-state index in [1.165, 1.54) is 4.57 Å². The van der Waals surface area contributed by atoms with Gasteiger partial charge in [0.1, 0.15) is 17.3 Å². The van der Waals surface area contributed by atoms with Crippen LogP contribution in [0.5, 0.6) is 0 Å². The van der Waals surface area contributed by atoms with Gasteiger partial charge in [-0.3, -0.25) is 0 Å². The van der Waals surface area contributed by atoms with Crippen molar-refractivity contribution in [3.05, 3.63) is 47.2 Å². The van der Waals surface area contributed by atoms with Crippen LogP contribution in [0.2, 0.25) is 0 Å². The summed E-state index contributed by atoms with van der Waals surface area (Å²) >= 11 is 0. The molecule has 144 valence electrons. The molecular formula is C19H22F3N5. The van der Waals surface area contributed by atoms with Crippen LogP contribution in [-0.2, 0) is 12.7 Å². The van der Waals surface area contributed by atoms with Crippen LogP contribution in [0.4, 0.5) is 19.0 Å². The summed E-state index contributed by atoms with van der Waals surface area (Å²) in [5.74, 6) is 0.634. The van der Waals surface area contributed by atoms with Gasteiger partial charge in [0.05, 0.1) is 23.2 Å². The minimum Gasteiger partial charge on any atom is -0.383 e. The number of nitrogens with two attached hydrogens (primary N) is 1. The van der Waals surface area contributed by atoms with E-state index in [1.807, 2.05) is 27.7 Å². The summed E-state index contributed by atoms with van der Waals surface area (Å²) in [4.78, 5) is 12.9. The van der Waals surface area contributed by atoms with Gasteiger partial charge in [0.15, 0.2) is 0 Å². The number of aromatic nitrogens is 4. The predicted molar refractivity (Wildman–Crippen MR) is 98.5 cm³/mol.